The van der Waals surface area contributed by atoms with E-state index >= 15 is 0 Å². The average molecular weight is 390 g/mol. The molecule has 1 heterocycles. The summed E-state index contributed by atoms with van der Waals surface area (Å²) in [7, 11) is 3.37. The first-order chi connectivity index (χ1) is 14.0. The molecule has 1 aromatic heterocycles. The van der Waals surface area contributed by atoms with Gasteiger partial charge in [0.25, 0.3) is 5.91 Å². The molecule has 6 heteroatoms. The fraction of sp³-hybridized carbons (Fsp3) is 0.174. The van der Waals surface area contributed by atoms with Crippen molar-refractivity contribution in [3.05, 3.63) is 87.7 Å². The van der Waals surface area contributed by atoms with Crippen LogP contribution in [0.2, 0.25) is 0 Å². The van der Waals surface area contributed by atoms with Crippen molar-refractivity contribution in [1.29, 1.82) is 0 Å². The summed E-state index contributed by atoms with van der Waals surface area (Å²) in [5, 5.41) is 3.25. The van der Waals surface area contributed by atoms with Gasteiger partial charge in [0, 0.05) is 37.8 Å². The van der Waals surface area contributed by atoms with Gasteiger partial charge < -0.3 is 14.6 Å². The van der Waals surface area contributed by atoms with Crippen LogP contribution in [-0.2, 0) is 11.8 Å². The monoisotopic (exact) mass is 390 g/mol. The van der Waals surface area contributed by atoms with Crippen molar-refractivity contribution in [2.45, 2.75) is 0 Å². The molecule has 0 saturated heterocycles. The number of hydrogen-bond acceptors (Lipinski definition) is 4. The number of nitrogens with zero attached hydrogens (tertiary/aromatic N) is 1. The maximum Gasteiger partial charge on any atom is 0.251 e. The van der Waals surface area contributed by atoms with Crippen molar-refractivity contribution in [3.63, 3.8) is 0 Å². The molecule has 0 spiro atoms. The number of carbonyl (C=O) groups is 2. The van der Waals surface area contributed by atoms with Crippen molar-refractivity contribution < 1.29 is 14.3 Å². The number of benzene rings is 2. The van der Waals surface area contributed by atoms with E-state index in [-0.39, 0.29) is 22.7 Å². The van der Waals surface area contributed by atoms with E-state index in [1.54, 1.807) is 67.4 Å². The van der Waals surface area contributed by atoms with Crippen LogP contribution in [0, 0.1) is 0 Å². The zero-order valence-electron chi connectivity index (χ0n) is 16.3. The lowest BCUT2D eigenvalue weighted by molar-refractivity contribution is 0.0936. The van der Waals surface area contributed by atoms with Crippen LogP contribution in [0.1, 0.15) is 26.3 Å². The highest BCUT2D eigenvalue weighted by molar-refractivity contribution is 6.08. The van der Waals surface area contributed by atoms with Gasteiger partial charge in [0.1, 0.15) is 0 Å². The van der Waals surface area contributed by atoms with Crippen LogP contribution in [-0.4, -0.2) is 36.5 Å². The number of ketones is 1. The van der Waals surface area contributed by atoms with Gasteiger partial charge in [-0.15, -0.1) is 0 Å². The van der Waals surface area contributed by atoms with Crippen LogP contribution in [0.25, 0.3) is 17.0 Å². The minimum atomic E-state index is -0.383. The normalized spacial score (nSPS) is 11.1. The van der Waals surface area contributed by atoms with Crippen LogP contribution in [0.5, 0.6) is 0 Å². The highest BCUT2D eigenvalue weighted by atomic mass is 16.5. The maximum atomic E-state index is 12.7. The summed E-state index contributed by atoms with van der Waals surface area (Å²) in [4.78, 5) is 37.4. The zero-order chi connectivity index (χ0) is 20.8. The number of hydrogen-bond donors (Lipinski definition) is 1. The van der Waals surface area contributed by atoms with Gasteiger partial charge in [-0.25, -0.2) is 0 Å². The van der Waals surface area contributed by atoms with Gasteiger partial charge in [0.05, 0.1) is 17.7 Å². The predicted molar refractivity (Wildman–Crippen MR) is 113 cm³/mol. The number of nitrogens with one attached hydrogen (secondary N) is 1. The second-order valence-corrected chi connectivity index (χ2v) is 6.57. The number of rotatable bonds is 7. The van der Waals surface area contributed by atoms with Crippen LogP contribution in [0.3, 0.4) is 0 Å². The molecule has 148 valence electrons. The number of aryl methyl sites for hydroxylation is 1. The lowest BCUT2D eigenvalue weighted by atomic mass is 10.1. The molecule has 0 saturated carbocycles. The van der Waals surface area contributed by atoms with Crippen LogP contribution in [0.4, 0.5) is 0 Å². The highest BCUT2D eigenvalue weighted by Crippen LogP contribution is 2.12. The van der Waals surface area contributed by atoms with E-state index in [4.69, 9.17) is 4.74 Å². The lowest BCUT2D eigenvalue weighted by Gasteiger charge is -2.07. The molecule has 0 unspecified atom stereocenters. The van der Waals surface area contributed by atoms with Crippen LogP contribution >= 0.6 is 0 Å². The van der Waals surface area contributed by atoms with E-state index in [2.05, 4.69) is 5.32 Å². The van der Waals surface area contributed by atoms with E-state index in [9.17, 15) is 14.4 Å². The number of pyridine rings is 1. The van der Waals surface area contributed by atoms with E-state index in [0.717, 1.165) is 5.52 Å². The van der Waals surface area contributed by atoms with Gasteiger partial charge in [-0.05, 0) is 35.9 Å². The largest absolute Gasteiger partial charge is 0.383 e. The fourth-order valence-electron chi connectivity index (χ4n) is 3.03. The topological polar surface area (TPSA) is 77.4 Å². The second-order valence-electron chi connectivity index (χ2n) is 6.57. The summed E-state index contributed by atoms with van der Waals surface area (Å²) < 4.78 is 6.68. The Hall–Kier alpha value is -3.51. The fourth-order valence-corrected chi connectivity index (χ4v) is 3.03. The first kappa shape index (κ1) is 20.2. The molecule has 0 aliphatic carbocycles. The first-order valence-electron chi connectivity index (χ1n) is 9.19. The number of ether oxygens (including phenoxy) is 1. The Morgan fingerprint density at radius 3 is 2.72 bits per heavy atom. The molecule has 0 aliphatic rings. The van der Waals surface area contributed by atoms with Gasteiger partial charge >= 0.3 is 0 Å². The summed E-state index contributed by atoms with van der Waals surface area (Å²) in [6, 6.07) is 14.1. The van der Waals surface area contributed by atoms with Gasteiger partial charge in [-0.2, -0.15) is 0 Å². The predicted octanol–water partition coefficient (Wildman–Crippen LogP) is 2.81. The SMILES string of the molecule is COCCNC(=O)c1cccc(/C=C/C(=O)c2cn(C)c3ccccc3c2=O)c1. The number of fused-ring (bicyclic) bond motifs is 1. The Labute approximate surface area is 168 Å². The van der Waals surface area contributed by atoms with E-state index < -0.39 is 0 Å². The Kier molecular flexibility index (Phi) is 6.36. The molecule has 2 aromatic carbocycles. The number of carbonyl (C=O) groups excluding carboxylic acids is 2. The molecule has 6 nitrogen and oxygen atoms in total. The minimum absolute atomic E-state index is 0.107. The third-order valence-corrected chi connectivity index (χ3v) is 4.53. The number of amides is 1. The quantitative estimate of drug-likeness (QED) is 0.382. The molecule has 0 fully saturated rings. The number of allylic oxidation sites excluding steroid dienone is 1. The standard InChI is InChI=1S/C23H22N2O4/c1-25-15-19(22(27)18-8-3-4-9-20(18)25)21(26)11-10-16-6-5-7-17(14-16)23(28)24-12-13-29-2/h3-11,14-15H,12-13H2,1-2H3,(H,24,28)/b11-10+. The Bertz CT molecular complexity index is 1150. The van der Waals surface area contributed by atoms with Gasteiger partial charge in [0.15, 0.2) is 5.78 Å². The van der Waals surface area contributed by atoms with Crippen LogP contribution < -0.4 is 10.7 Å². The highest BCUT2D eigenvalue weighted by Gasteiger charge is 2.12. The zero-order valence-corrected chi connectivity index (χ0v) is 16.3. The minimum Gasteiger partial charge on any atom is -0.383 e. The lowest BCUT2D eigenvalue weighted by Crippen LogP contribution is -2.26. The molecule has 29 heavy (non-hydrogen) atoms. The second kappa shape index (κ2) is 9.12. The van der Waals surface area contributed by atoms with Crippen molar-refractivity contribution >= 4 is 28.7 Å². The third-order valence-electron chi connectivity index (χ3n) is 4.53. The van der Waals surface area contributed by atoms with Crippen molar-refractivity contribution in [2.75, 3.05) is 20.3 Å². The van der Waals surface area contributed by atoms with E-state index in [1.807, 2.05) is 12.1 Å². The molecule has 3 rings (SSSR count). The smallest absolute Gasteiger partial charge is 0.251 e. The third kappa shape index (κ3) is 4.67. The summed E-state index contributed by atoms with van der Waals surface area (Å²) in [6.45, 7) is 0.847. The molecule has 0 aliphatic heterocycles. The molecule has 0 atom stereocenters. The van der Waals surface area contributed by atoms with Crippen molar-refractivity contribution in [1.82, 2.24) is 9.88 Å². The molecule has 1 amide bonds. The Morgan fingerprint density at radius 2 is 1.93 bits per heavy atom. The molecular weight excluding hydrogens is 368 g/mol. The average Bonchev–Trinajstić information content (AvgIpc) is 2.75. The maximum absolute atomic E-state index is 12.7. The van der Waals surface area contributed by atoms with E-state index in [1.165, 1.54) is 6.08 Å². The summed E-state index contributed by atoms with van der Waals surface area (Å²) >= 11 is 0. The summed E-state index contributed by atoms with van der Waals surface area (Å²) in [5.74, 6) is -0.599. The Morgan fingerprint density at radius 1 is 1.14 bits per heavy atom. The van der Waals surface area contributed by atoms with Crippen molar-refractivity contribution in [3.8, 4) is 0 Å². The van der Waals surface area contributed by atoms with Gasteiger partial charge in [-0.3, -0.25) is 14.4 Å². The van der Waals surface area contributed by atoms with Crippen LogP contribution in [0.15, 0.2) is 65.6 Å². The molecule has 0 radical (unpaired) electrons. The molecule has 0 bridgehead atoms. The molecular formula is C23H22N2O4. The molecule has 1 N–H and O–H groups in total. The van der Waals surface area contributed by atoms with E-state index in [0.29, 0.717) is 29.7 Å². The first-order valence-corrected chi connectivity index (χ1v) is 9.19. The summed E-state index contributed by atoms with van der Waals surface area (Å²) in [5.41, 5.74) is 1.76. The van der Waals surface area contributed by atoms with Gasteiger partial charge in [-0.1, -0.05) is 30.3 Å². The number of para-hydroxylation sites is 1. The van der Waals surface area contributed by atoms with Crippen molar-refractivity contribution in [2.24, 2.45) is 7.05 Å². The van der Waals surface area contributed by atoms with Gasteiger partial charge in [0.2, 0.25) is 5.43 Å². The number of aromatic nitrogens is 1. The summed E-state index contributed by atoms with van der Waals surface area (Å²) in [6.07, 6.45) is 4.51. The molecule has 3 aromatic rings. The number of methoxy groups -OCH3 is 1. The Balaban J connectivity index is 1.82.